The van der Waals surface area contributed by atoms with E-state index in [2.05, 4.69) is 20.5 Å². The SMILES string of the molecule is O=C(N/N=C\c1cc2ccccc2nc1Cl)c1cccnc1. The zero-order valence-electron chi connectivity index (χ0n) is 11.4. The number of aromatic nitrogens is 2. The van der Waals surface area contributed by atoms with E-state index in [0.717, 1.165) is 10.9 Å². The van der Waals surface area contributed by atoms with Crippen LogP contribution in [-0.4, -0.2) is 22.1 Å². The molecule has 0 spiro atoms. The molecule has 0 unspecified atom stereocenters. The lowest BCUT2D eigenvalue weighted by Crippen LogP contribution is -2.17. The topological polar surface area (TPSA) is 67.2 Å². The summed E-state index contributed by atoms with van der Waals surface area (Å²) in [6, 6.07) is 12.8. The number of nitrogens with zero attached hydrogens (tertiary/aromatic N) is 3. The highest BCUT2D eigenvalue weighted by molar-refractivity contribution is 6.32. The number of hydrogen-bond donors (Lipinski definition) is 1. The molecule has 1 aromatic carbocycles. The second-order valence-corrected chi connectivity index (χ2v) is 4.86. The maximum Gasteiger partial charge on any atom is 0.272 e. The summed E-state index contributed by atoms with van der Waals surface area (Å²) in [7, 11) is 0. The molecule has 3 rings (SSSR count). The normalized spacial score (nSPS) is 11.0. The molecule has 0 bridgehead atoms. The smallest absolute Gasteiger partial charge is 0.267 e. The molecular weight excluding hydrogens is 300 g/mol. The highest BCUT2D eigenvalue weighted by Gasteiger charge is 2.04. The molecule has 108 valence electrons. The van der Waals surface area contributed by atoms with Crippen molar-refractivity contribution in [3.63, 3.8) is 0 Å². The van der Waals surface area contributed by atoms with Crippen LogP contribution in [0.15, 0.2) is 60.0 Å². The average Bonchev–Trinajstić information content (AvgIpc) is 2.56. The average molecular weight is 311 g/mol. The van der Waals surface area contributed by atoms with Crippen molar-refractivity contribution in [1.29, 1.82) is 0 Å². The van der Waals surface area contributed by atoms with Gasteiger partial charge in [0.2, 0.25) is 0 Å². The number of rotatable bonds is 3. The van der Waals surface area contributed by atoms with Gasteiger partial charge < -0.3 is 0 Å². The van der Waals surface area contributed by atoms with Crippen LogP contribution in [0.3, 0.4) is 0 Å². The molecule has 0 saturated heterocycles. The summed E-state index contributed by atoms with van der Waals surface area (Å²) in [6.45, 7) is 0. The first-order chi connectivity index (χ1) is 10.7. The Morgan fingerprint density at radius 2 is 2.09 bits per heavy atom. The Bertz CT molecular complexity index is 849. The Kier molecular flexibility index (Phi) is 4.07. The first-order valence-corrected chi connectivity index (χ1v) is 6.90. The maximum absolute atomic E-state index is 11.8. The van der Waals surface area contributed by atoms with Crippen LogP contribution in [0.25, 0.3) is 10.9 Å². The van der Waals surface area contributed by atoms with Gasteiger partial charge in [-0.25, -0.2) is 10.4 Å². The van der Waals surface area contributed by atoms with Gasteiger partial charge in [-0.15, -0.1) is 0 Å². The fourth-order valence-corrected chi connectivity index (χ4v) is 2.12. The summed E-state index contributed by atoms with van der Waals surface area (Å²) >= 11 is 6.11. The van der Waals surface area contributed by atoms with Gasteiger partial charge in [0, 0.05) is 23.3 Å². The standard InChI is InChI=1S/C16H11ClN4O/c17-15-13(8-11-4-1-2-6-14(11)20-15)10-19-21-16(22)12-5-3-7-18-9-12/h1-10H,(H,21,22)/b19-10-. The van der Waals surface area contributed by atoms with Gasteiger partial charge in [-0.2, -0.15) is 5.10 Å². The maximum atomic E-state index is 11.8. The van der Waals surface area contributed by atoms with Gasteiger partial charge in [0.25, 0.3) is 5.91 Å². The molecule has 0 saturated carbocycles. The molecule has 0 radical (unpaired) electrons. The number of nitrogens with one attached hydrogen (secondary N) is 1. The fourth-order valence-electron chi connectivity index (χ4n) is 1.92. The van der Waals surface area contributed by atoms with Gasteiger partial charge in [-0.1, -0.05) is 29.8 Å². The fraction of sp³-hybridized carbons (Fsp3) is 0. The number of amides is 1. The molecule has 0 aliphatic rings. The number of para-hydroxylation sites is 1. The Balaban J connectivity index is 1.78. The first kappa shape index (κ1) is 14.2. The minimum atomic E-state index is -0.339. The van der Waals surface area contributed by atoms with Gasteiger partial charge >= 0.3 is 0 Å². The zero-order valence-corrected chi connectivity index (χ0v) is 12.2. The molecule has 1 amide bonds. The van der Waals surface area contributed by atoms with E-state index < -0.39 is 0 Å². The highest BCUT2D eigenvalue weighted by Crippen LogP contribution is 2.18. The molecule has 2 aromatic heterocycles. The van der Waals surface area contributed by atoms with E-state index in [1.54, 1.807) is 18.3 Å². The van der Waals surface area contributed by atoms with Crippen molar-refractivity contribution in [1.82, 2.24) is 15.4 Å². The minimum Gasteiger partial charge on any atom is -0.267 e. The molecule has 6 heteroatoms. The Labute approximate surface area is 131 Å². The van der Waals surface area contributed by atoms with E-state index >= 15 is 0 Å². The third-order valence-corrected chi connectivity index (χ3v) is 3.30. The number of hydrazone groups is 1. The number of carbonyl (C=O) groups excluding carboxylic acids is 1. The third-order valence-electron chi connectivity index (χ3n) is 3.00. The summed E-state index contributed by atoms with van der Waals surface area (Å²) in [5, 5.41) is 5.19. The number of pyridine rings is 2. The molecule has 22 heavy (non-hydrogen) atoms. The van der Waals surface area contributed by atoms with Crippen LogP contribution in [0.4, 0.5) is 0 Å². The monoisotopic (exact) mass is 310 g/mol. The van der Waals surface area contributed by atoms with Crippen LogP contribution in [0.1, 0.15) is 15.9 Å². The molecule has 0 aliphatic carbocycles. The van der Waals surface area contributed by atoms with Crippen LogP contribution >= 0.6 is 11.6 Å². The van der Waals surface area contributed by atoms with Gasteiger partial charge in [-0.3, -0.25) is 9.78 Å². The predicted octanol–water partition coefficient (Wildman–Crippen LogP) is 3.05. The Morgan fingerprint density at radius 1 is 1.23 bits per heavy atom. The van der Waals surface area contributed by atoms with Gasteiger partial charge in [0.05, 0.1) is 17.3 Å². The second-order valence-electron chi connectivity index (χ2n) is 4.50. The van der Waals surface area contributed by atoms with Gasteiger partial charge in [0.1, 0.15) is 5.15 Å². The van der Waals surface area contributed by atoms with Gasteiger partial charge in [-0.05, 0) is 24.3 Å². The van der Waals surface area contributed by atoms with Crippen LogP contribution in [0.2, 0.25) is 5.15 Å². The number of carbonyl (C=O) groups is 1. The molecule has 2 heterocycles. The first-order valence-electron chi connectivity index (χ1n) is 6.53. The van der Waals surface area contributed by atoms with Crippen LogP contribution in [-0.2, 0) is 0 Å². The van der Waals surface area contributed by atoms with E-state index in [-0.39, 0.29) is 5.91 Å². The van der Waals surface area contributed by atoms with Crippen molar-refractivity contribution < 1.29 is 4.79 Å². The number of benzene rings is 1. The van der Waals surface area contributed by atoms with E-state index in [4.69, 9.17) is 11.6 Å². The number of halogens is 1. The van der Waals surface area contributed by atoms with Crippen molar-refractivity contribution in [3.8, 4) is 0 Å². The summed E-state index contributed by atoms with van der Waals surface area (Å²) in [5.74, 6) is -0.339. The van der Waals surface area contributed by atoms with Crippen molar-refractivity contribution in [2.75, 3.05) is 0 Å². The van der Waals surface area contributed by atoms with E-state index in [9.17, 15) is 4.79 Å². The van der Waals surface area contributed by atoms with E-state index in [1.165, 1.54) is 12.4 Å². The van der Waals surface area contributed by atoms with Crippen LogP contribution < -0.4 is 5.43 Å². The highest BCUT2D eigenvalue weighted by atomic mass is 35.5. The zero-order chi connectivity index (χ0) is 15.4. The summed E-state index contributed by atoms with van der Waals surface area (Å²) in [6.07, 6.45) is 4.53. The molecule has 3 aromatic rings. The molecule has 0 atom stereocenters. The summed E-state index contributed by atoms with van der Waals surface area (Å²) in [5.41, 5.74) is 4.30. The largest absolute Gasteiger partial charge is 0.272 e. The molecular formula is C16H11ClN4O. The number of fused-ring (bicyclic) bond motifs is 1. The lowest BCUT2D eigenvalue weighted by molar-refractivity contribution is 0.0955. The van der Waals surface area contributed by atoms with Crippen molar-refractivity contribution >= 4 is 34.6 Å². The third kappa shape index (κ3) is 3.10. The minimum absolute atomic E-state index is 0.332. The molecule has 0 fully saturated rings. The van der Waals surface area contributed by atoms with Crippen molar-refractivity contribution in [2.24, 2.45) is 5.10 Å². The number of hydrogen-bond acceptors (Lipinski definition) is 4. The molecule has 1 N–H and O–H groups in total. The van der Waals surface area contributed by atoms with Gasteiger partial charge in [0.15, 0.2) is 0 Å². The lowest BCUT2D eigenvalue weighted by atomic mass is 10.2. The predicted molar refractivity (Wildman–Crippen MR) is 86.1 cm³/mol. The second kappa shape index (κ2) is 6.32. The van der Waals surface area contributed by atoms with Crippen LogP contribution in [0, 0.1) is 0 Å². The Morgan fingerprint density at radius 3 is 2.91 bits per heavy atom. The van der Waals surface area contributed by atoms with Crippen molar-refractivity contribution in [3.05, 3.63) is 71.1 Å². The Hall–Kier alpha value is -2.79. The molecule has 5 nitrogen and oxygen atoms in total. The summed E-state index contributed by atoms with van der Waals surface area (Å²) < 4.78 is 0. The molecule has 0 aliphatic heterocycles. The summed E-state index contributed by atoms with van der Waals surface area (Å²) in [4.78, 5) is 20.0. The van der Waals surface area contributed by atoms with E-state index in [0.29, 0.717) is 16.3 Å². The van der Waals surface area contributed by atoms with Crippen LogP contribution in [0.5, 0.6) is 0 Å². The lowest BCUT2D eigenvalue weighted by Gasteiger charge is -2.02. The quantitative estimate of drug-likeness (QED) is 0.459. The van der Waals surface area contributed by atoms with E-state index in [1.807, 2.05) is 30.3 Å². The van der Waals surface area contributed by atoms with Crippen molar-refractivity contribution in [2.45, 2.75) is 0 Å².